The number of ether oxygens (including phenoxy) is 3. The highest BCUT2D eigenvalue weighted by molar-refractivity contribution is 5.97. The number of hydrogen-bond acceptors (Lipinski definition) is 5. The molecule has 6 nitrogen and oxygen atoms in total. The molecule has 1 amide bonds. The van der Waals surface area contributed by atoms with E-state index >= 15 is 0 Å². The van der Waals surface area contributed by atoms with E-state index in [4.69, 9.17) is 14.2 Å². The highest BCUT2D eigenvalue weighted by Crippen LogP contribution is 2.30. The van der Waals surface area contributed by atoms with Crippen molar-refractivity contribution < 1.29 is 19.0 Å². The second-order valence-corrected chi connectivity index (χ2v) is 6.59. The number of nitrogens with one attached hydrogen (secondary N) is 1. The second-order valence-electron chi connectivity index (χ2n) is 6.59. The number of hydrogen-bond donors (Lipinski definition) is 1. The van der Waals surface area contributed by atoms with Crippen molar-refractivity contribution in [3.05, 3.63) is 11.6 Å². The first kappa shape index (κ1) is 18.9. The summed E-state index contributed by atoms with van der Waals surface area (Å²) in [4.78, 5) is 12.1. The first-order chi connectivity index (χ1) is 11.7. The molecular formula is C18H28N2O4. The van der Waals surface area contributed by atoms with Gasteiger partial charge in [-0.3, -0.25) is 4.79 Å². The van der Waals surface area contributed by atoms with Gasteiger partial charge in [-0.2, -0.15) is 5.26 Å². The highest BCUT2D eigenvalue weighted by Gasteiger charge is 2.30. The molecule has 0 aromatic carbocycles. The number of nitrogens with zero attached hydrogens (tertiary/aromatic N) is 1. The largest absolute Gasteiger partial charge is 0.381 e. The molecule has 134 valence electrons. The molecule has 2 fully saturated rings. The van der Waals surface area contributed by atoms with Gasteiger partial charge in [-0.1, -0.05) is 6.08 Å². The second kappa shape index (κ2) is 9.77. The van der Waals surface area contributed by atoms with Crippen molar-refractivity contribution in [1.29, 1.82) is 5.26 Å². The fraction of sp³-hybridized carbons (Fsp3) is 0.778. The summed E-state index contributed by atoms with van der Waals surface area (Å²) < 4.78 is 16.2. The minimum Gasteiger partial charge on any atom is -0.381 e. The maximum atomic E-state index is 12.1. The minimum atomic E-state index is -0.279. The number of methoxy groups -OCH3 is 2. The Labute approximate surface area is 144 Å². The molecule has 0 spiro atoms. The van der Waals surface area contributed by atoms with Crippen LogP contribution in [0.25, 0.3) is 0 Å². The SMILES string of the molecule is COC1CCC(CCNC(=O)/C(C#N)=C/C2CCOC2)CC1OC. The van der Waals surface area contributed by atoms with Gasteiger partial charge in [0.1, 0.15) is 11.6 Å². The van der Waals surface area contributed by atoms with E-state index in [0.29, 0.717) is 25.7 Å². The molecule has 0 radical (unpaired) electrons. The van der Waals surface area contributed by atoms with Crippen LogP contribution in [0.3, 0.4) is 0 Å². The average molecular weight is 336 g/mol. The summed E-state index contributed by atoms with van der Waals surface area (Å²) in [6, 6.07) is 2.00. The van der Waals surface area contributed by atoms with Gasteiger partial charge in [0.05, 0.1) is 18.8 Å². The van der Waals surface area contributed by atoms with Gasteiger partial charge >= 0.3 is 0 Å². The fourth-order valence-corrected chi connectivity index (χ4v) is 3.53. The molecule has 1 N–H and O–H groups in total. The summed E-state index contributed by atoms with van der Waals surface area (Å²) in [5, 5.41) is 12.0. The number of rotatable bonds is 7. The van der Waals surface area contributed by atoms with Crippen LogP contribution in [0, 0.1) is 23.2 Å². The third kappa shape index (κ3) is 5.30. The predicted octanol–water partition coefficient (Wildman–Crippen LogP) is 1.81. The van der Waals surface area contributed by atoms with Gasteiger partial charge in [0.2, 0.25) is 0 Å². The highest BCUT2D eigenvalue weighted by atomic mass is 16.5. The summed E-state index contributed by atoms with van der Waals surface area (Å²) in [6.45, 7) is 1.88. The van der Waals surface area contributed by atoms with Crippen LogP contribution >= 0.6 is 0 Å². The molecule has 1 aliphatic heterocycles. The van der Waals surface area contributed by atoms with E-state index in [1.807, 2.05) is 6.07 Å². The Morgan fingerprint density at radius 1 is 1.29 bits per heavy atom. The van der Waals surface area contributed by atoms with E-state index in [-0.39, 0.29) is 29.6 Å². The van der Waals surface area contributed by atoms with Gasteiger partial charge in [0.25, 0.3) is 5.91 Å². The third-order valence-electron chi connectivity index (χ3n) is 5.02. The maximum absolute atomic E-state index is 12.1. The minimum absolute atomic E-state index is 0.126. The van der Waals surface area contributed by atoms with E-state index in [1.165, 1.54) is 0 Å². The van der Waals surface area contributed by atoms with Crippen LogP contribution in [0.2, 0.25) is 0 Å². The standard InChI is InChI=1S/C18H28N2O4/c1-22-16-4-3-13(10-17(16)23-2)5-7-20-18(21)15(11-19)9-14-6-8-24-12-14/h9,13-14,16-17H,3-8,10,12H2,1-2H3,(H,20,21)/b15-9+. The topological polar surface area (TPSA) is 80.6 Å². The Bertz CT molecular complexity index is 480. The van der Waals surface area contributed by atoms with Crippen molar-refractivity contribution in [2.45, 2.75) is 44.3 Å². The smallest absolute Gasteiger partial charge is 0.261 e. The lowest BCUT2D eigenvalue weighted by molar-refractivity contribution is -0.117. The normalized spacial score (nSPS) is 30.8. The van der Waals surface area contributed by atoms with E-state index in [1.54, 1.807) is 20.3 Å². The van der Waals surface area contributed by atoms with Gasteiger partial charge < -0.3 is 19.5 Å². The summed E-state index contributed by atoms with van der Waals surface area (Å²) in [6.07, 6.45) is 6.82. The first-order valence-electron chi connectivity index (χ1n) is 8.71. The van der Waals surface area contributed by atoms with Crippen LogP contribution in [0.15, 0.2) is 11.6 Å². The van der Waals surface area contributed by atoms with Crippen LogP contribution in [-0.2, 0) is 19.0 Å². The third-order valence-corrected chi connectivity index (χ3v) is 5.02. The maximum Gasteiger partial charge on any atom is 0.261 e. The summed E-state index contributed by atoms with van der Waals surface area (Å²) in [5.41, 5.74) is 0.198. The molecule has 4 unspecified atom stereocenters. The molecule has 24 heavy (non-hydrogen) atoms. The average Bonchev–Trinajstić information content (AvgIpc) is 3.12. The van der Waals surface area contributed by atoms with E-state index in [0.717, 1.165) is 32.1 Å². The molecule has 1 saturated carbocycles. The molecule has 4 atom stereocenters. The fourth-order valence-electron chi connectivity index (χ4n) is 3.53. The van der Waals surface area contributed by atoms with Crippen molar-refractivity contribution in [3.8, 4) is 6.07 Å². The molecule has 0 aromatic rings. The lowest BCUT2D eigenvalue weighted by Gasteiger charge is -2.34. The van der Waals surface area contributed by atoms with Gasteiger partial charge in [-0.15, -0.1) is 0 Å². The first-order valence-corrected chi connectivity index (χ1v) is 8.71. The van der Waals surface area contributed by atoms with E-state index in [2.05, 4.69) is 5.32 Å². The van der Waals surface area contributed by atoms with Gasteiger partial charge in [-0.25, -0.2) is 0 Å². The van der Waals surface area contributed by atoms with Crippen molar-refractivity contribution in [2.24, 2.45) is 11.8 Å². The monoisotopic (exact) mass is 336 g/mol. The summed E-state index contributed by atoms with van der Waals surface area (Å²) >= 11 is 0. The van der Waals surface area contributed by atoms with E-state index in [9.17, 15) is 10.1 Å². The lowest BCUT2D eigenvalue weighted by Crippen LogP contribution is -2.37. The molecular weight excluding hydrogens is 308 g/mol. The molecule has 2 aliphatic rings. The van der Waals surface area contributed by atoms with Crippen LogP contribution in [0.5, 0.6) is 0 Å². The number of carbonyl (C=O) groups excluding carboxylic acids is 1. The molecule has 1 heterocycles. The molecule has 1 aliphatic carbocycles. The summed E-state index contributed by atoms with van der Waals surface area (Å²) in [5.74, 6) is 0.412. The summed E-state index contributed by atoms with van der Waals surface area (Å²) in [7, 11) is 3.44. The van der Waals surface area contributed by atoms with Crippen LogP contribution in [-0.4, -0.2) is 52.1 Å². The zero-order chi connectivity index (χ0) is 17.4. The molecule has 0 aromatic heterocycles. The molecule has 1 saturated heterocycles. The Kier molecular flexibility index (Phi) is 7.70. The van der Waals surface area contributed by atoms with E-state index < -0.39 is 0 Å². The molecule has 2 rings (SSSR count). The Balaban J connectivity index is 1.74. The van der Waals surface area contributed by atoms with Gasteiger partial charge in [0, 0.05) is 33.3 Å². The predicted molar refractivity (Wildman–Crippen MR) is 89.2 cm³/mol. The number of carbonyl (C=O) groups is 1. The van der Waals surface area contributed by atoms with Crippen LogP contribution in [0.1, 0.15) is 32.1 Å². The van der Waals surface area contributed by atoms with Crippen molar-refractivity contribution in [2.75, 3.05) is 34.0 Å². The number of nitriles is 1. The van der Waals surface area contributed by atoms with Crippen molar-refractivity contribution >= 4 is 5.91 Å². The quantitative estimate of drug-likeness (QED) is 0.566. The van der Waals surface area contributed by atoms with Crippen molar-refractivity contribution in [1.82, 2.24) is 5.32 Å². The zero-order valence-corrected chi connectivity index (χ0v) is 14.6. The Hall–Kier alpha value is -1.42. The van der Waals surface area contributed by atoms with Crippen LogP contribution < -0.4 is 5.32 Å². The lowest BCUT2D eigenvalue weighted by atomic mass is 9.83. The van der Waals surface area contributed by atoms with Gasteiger partial charge in [-0.05, 0) is 38.0 Å². The van der Waals surface area contributed by atoms with Crippen LogP contribution in [0.4, 0.5) is 0 Å². The molecule has 6 heteroatoms. The Morgan fingerprint density at radius 2 is 2.08 bits per heavy atom. The molecule has 0 bridgehead atoms. The Morgan fingerprint density at radius 3 is 2.71 bits per heavy atom. The zero-order valence-electron chi connectivity index (χ0n) is 14.6. The van der Waals surface area contributed by atoms with Crippen molar-refractivity contribution in [3.63, 3.8) is 0 Å². The van der Waals surface area contributed by atoms with Gasteiger partial charge in [0.15, 0.2) is 0 Å². The number of amides is 1.